The lowest BCUT2D eigenvalue weighted by Gasteiger charge is -2.37. The molecule has 1 aliphatic heterocycles. The molecule has 0 amide bonds. The average molecular weight is 422 g/mol. The molecule has 2 fully saturated rings. The molecule has 7 heteroatoms. The van der Waals surface area contributed by atoms with Gasteiger partial charge in [0.1, 0.15) is 16.9 Å². The zero-order chi connectivity index (χ0) is 20.8. The van der Waals surface area contributed by atoms with E-state index in [0.29, 0.717) is 31.2 Å². The number of hydrogen-bond acceptors (Lipinski definition) is 3. The summed E-state index contributed by atoms with van der Waals surface area (Å²) in [5.41, 5.74) is 0.221. The minimum absolute atomic E-state index is 0.0177. The van der Waals surface area contributed by atoms with Crippen LogP contribution in [-0.2, 0) is 22.0 Å². The number of halogens is 2. The normalized spacial score (nSPS) is 25.7. The largest absolute Gasteiger partial charge is 0.395 e. The fourth-order valence-electron chi connectivity index (χ4n) is 4.30. The van der Waals surface area contributed by atoms with E-state index in [1.165, 1.54) is 4.31 Å². The highest BCUT2D eigenvalue weighted by Gasteiger charge is 2.46. The monoisotopic (exact) mass is 421 g/mol. The summed E-state index contributed by atoms with van der Waals surface area (Å²) in [7, 11) is -3.72. The molecule has 0 radical (unpaired) electrons. The zero-order valence-corrected chi connectivity index (χ0v) is 17.1. The maximum atomic E-state index is 14.8. The van der Waals surface area contributed by atoms with Crippen LogP contribution >= 0.6 is 0 Å². The van der Waals surface area contributed by atoms with E-state index in [0.717, 1.165) is 12.1 Å². The average Bonchev–Trinajstić information content (AvgIpc) is 3.49. The Kier molecular flexibility index (Phi) is 5.25. The lowest BCUT2D eigenvalue weighted by Crippen LogP contribution is -2.44. The van der Waals surface area contributed by atoms with Crippen LogP contribution in [-0.4, -0.2) is 30.5 Å². The Labute approximate surface area is 170 Å². The minimum Gasteiger partial charge on any atom is -0.395 e. The van der Waals surface area contributed by atoms with Crippen LogP contribution in [0.2, 0.25) is 0 Å². The van der Waals surface area contributed by atoms with Crippen molar-refractivity contribution in [2.24, 2.45) is 0 Å². The van der Waals surface area contributed by atoms with Crippen LogP contribution in [0.25, 0.3) is 0 Å². The highest BCUT2D eigenvalue weighted by molar-refractivity contribution is 7.89. The molecule has 2 aromatic rings. The Hall–Kier alpha value is -1.83. The van der Waals surface area contributed by atoms with Crippen molar-refractivity contribution in [1.82, 2.24) is 4.31 Å². The van der Waals surface area contributed by atoms with Crippen LogP contribution in [0, 0.1) is 11.6 Å². The maximum absolute atomic E-state index is 14.8. The Morgan fingerprint density at radius 1 is 1.10 bits per heavy atom. The second-order valence-electron chi connectivity index (χ2n) is 8.28. The number of sulfonamides is 1. The molecule has 1 saturated heterocycles. The molecule has 1 heterocycles. The van der Waals surface area contributed by atoms with Gasteiger partial charge in [-0.05, 0) is 55.9 Å². The number of hydrogen-bond donors (Lipinski definition) is 1. The Balaban J connectivity index is 1.65. The molecule has 0 bridgehead atoms. The molecule has 1 aliphatic carbocycles. The molecule has 0 spiro atoms. The van der Waals surface area contributed by atoms with Gasteiger partial charge in [0.2, 0.25) is 10.0 Å². The Bertz CT molecular complexity index is 1010. The van der Waals surface area contributed by atoms with Gasteiger partial charge in [-0.2, -0.15) is 4.31 Å². The molecule has 0 aromatic heterocycles. The van der Waals surface area contributed by atoms with Crippen molar-refractivity contribution in [1.29, 1.82) is 0 Å². The van der Waals surface area contributed by atoms with Gasteiger partial charge < -0.3 is 5.11 Å². The van der Waals surface area contributed by atoms with E-state index in [2.05, 4.69) is 0 Å². The van der Waals surface area contributed by atoms with E-state index in [-0.39, 0.29) is 30.3 Å². The van der Waals surface area contributed by atoms with E-state index in [1.807, 2.05) is 6.07 Å². The first kappa shape index (κ1) is 20.4. The molecule has 2 aromatic carbocycles. The number of aliphatic hydroxyl groups excluding tert-OH is 1. The van der Waals surface area contributed by atoms with Crippen molar-refractivity contribution in [3.05, 3.63) is 70.8 Å². The molecule has 29 heavy (non-hydrogen) atoms. The Morgan fingerprint density at radius 2 is 1.79 bits per heavy atom. The maximum Gasteiger partial charge on any atom is 0.221 e. The van der Waals surface area contributed by atoms with Crippen molar-refractivity contribution >= 4 is 10.0 Å². The van der Waals surface area contributed by atoms with Crippen LogP contribution < -0.4 is 0 Å². The summed E-state index contributed by atoms with van der Waals surface area (Å²) in [6, 6.07) is 10.9. The molecule has 156 valence electrons. The molecule has 1 saturated carbocycles. The van der Waals surface area contributed by atoms with Crippen molar-refractivity contribution in [2.45, 2.75) is 55.9 Å². The van der Waals surface area contributed by atoms with E-state index < -0.39 is 32.3 Å². The number of nitrogens with zero attached hydrogens (tertiary/aromatic N) is 1. The topological polar surface area (TPSA) is 57.6 Å². The lowest BCUT2D eigenvalue weighted by atomic mass is 9.94. The van der Waals surface area contributed by atoms with E-state index in [9.17, 15) is 22.3 Å². The summed E-state index contributed by atoms with van der Waals surface area (Å²) >= 11 is 0. The summed E-state index contributed by atoms with van der Waals surface area (Å²) in [6.07, 6.45) is 2.39. The van der Waals surface area contributed by atoms with Gasteiger partial charge in [0.15, 0.2) is 0 Å². The van der Waals surface area contributed by atoms with Gasteiger partial charge in [-0.1, -0.05) is 30.3 Å². The van der Waals surface area contributed by atoms with Crippen LogP contribution in [0.4, 0.5) is 8.78 Å². The van der Waals surface area contributed by atoms with Crippen LogP contribution in [0.5, 0.6) is 0 Å². The summed E-state index contributed by atoms with van der Waals surface area (Å²) in [5, 5.41) is 8.84. The second kappa shape index (κ2) is 7.45. The minimum atomic E-state index is -3.72. The van der Waals surface area contributed by atoms with Crippen LogP contribution in [0.3, 0.4) is 0 Å². The third kappa shape index (κ3) is 3.60. The fraction of sp³-hybridized carbons (Fsp3) is 0.455. The quantitative estimate of drug-likeness (QED) is 0.793. The van der Waals surface area contributed by atoms with Crippen molar-refractivity contribution in [3.63, 3.8) is 0 Å². The smallest absolute Gasteiger partial charge is 0.221 e. The predicted octanol–water partition coefficient (Wildman–Crippen LogP) is 4.04. The van der Waals surface area contributed by atoms with Gasteiger partial charge >= 0.3 is 0 Å². The summed E-state index contributed by atoms with van der Waals surface area (Å²) in [6.45, 7) is 1.37. The molecular formula is C22H25F2NO3S. The molecule has 0 unspecified atom stereocenters. The first-order chi connectivity index (χ1) is 13.8. The standard InChI is InChI=1S/C22H25F2NO3S/c1-15-7-8-21(16-5-3-2-4-6-16)29(27,28)25(15)13-17-11-20(24)18(12-19(17)23)22(14-26)9-10-22/h2-6,11-12,15,21,26H,7-10,13-14H2,1H3/t15-,21+/m0/s1. The van der Waals surface area contributed by atoms with Gasteiger partial charge in [-0.25, -0.2) is 17.2 Å². The first-order valence-corrected chi connectivity index (χ1v) is 11.4. The third-order valence-electron chi connectivity index (χ3n) is 6.39. The molecule has 2 atom stereocenters. The molecule has 2 aliphatic rings. The molecule has 4 rings (SSSR count). The van der Waals surface area contributed by atoms with Crippen LogP contribution in [0.15, 0.2) is 42.5 Å². The second-order valence-corrected chi connectivity index (χ2v) is 10.3. The molecule has 1 N–H and O–H groups in total. The van der Waals surface area contributed by atoms with Crippen molar-refractivity contribution in [3.8, 4) is 0 Å². The number of rotatable bonds is 5. The first-order valence-electron chi connectivity index (χ1n) is 9.93. The van der Waals surface area contributed by atoms with E-state index >= 15 is 0 Å². The van der Waals surface area contributed by atoms with Gasteiger partial charge in [0.25, 0.3) is 0 Å². The summed E-state index contributed by atoms with van der Waals surface area (Å²) in [4.78, 5) is 0. The van der Waals surface area contributed by atoms with Gasteiger partial charge in [0.05, 0.1) is 6.61 Å². The zero-order valence-electron chi connectivity index (χ0n) is 16.3. The highest BCUT2D eigenvalue weighted by atomic mass is 32.2. The molecule has 4 nitrogen and oxygen atoms in total. The lowest BCUT2D eigenvalue weighted by molar-refractivity contribution is 0.251. The number of benzene rings is 2. The third-order valence-corrected chi connectivity index (χ3v) is 8.76. The van der Waals surface area contributed by atoms with Crippen molar-refractivity contribution < 1.29 is 22.3 Å². The molecular weight excluding hydrogens is 396 g/mol. The van der Waals surface area contributed by atoms with Gasteiger partial charge in [-0.3, -0.25) is 0 Å². The van der Waals surface area contributed by atoms with Gasteiger partial charge in [-0.15, -0.1) is 0 Å². The van der Waals surface area contributed by atoms with Gasteiger partial charge in [0, 0.05) is 23.6 Å². The Morgan fingerprint density at radius 3 is 2.41 bits per heavy atom. The highest BCUT2D eigenvalue weighted by Crippen LogP contribution is 2.49. The number of aliphatic hydroxyl groups is 1. The van der Waals surface area contributed by atoms with E-state index in [1.54, 1.807) is 31.2 Å². The SMILES string of the molecule is C[C@H]1CC[C@H](c2ccccc2)S(=O)(=O)N1Cc1cc(F)c(C2(CO)CC2)cc1F. The summed E-state index contributed by atoms with van der Waals surface area (Å²) in [5.74, 6) is -1.22. The fourth-order valence-corrected chi connectivity index (χ4v) is 6.49. The predicted molar refractivity (Wildman–Crippen MR) is 107 cm³/mol. The summed E-state index contributed by atoms with van der Waals surface area (Å²) < 4.78 is 57.4. The van der Waals surface area contributed by atoms with E-state index in [4.69, 9.17) is 0 Å². The van der Waals surface area contributed by atoms with Crippen molar-refractivity contribution in [2.75, 3.05) is 6.61 Å². The van der Waals surface area contributed by atoms with Crippen LogP contribution in [0.1, 0.15) is 54.5 Å².